The van der Waals surface area contributed by atoms with Gasteiger partial charge in [0.1, 0.15) is 5.83 Å². The fraction of sp³-hybridized carbons (Fsp3) is 0.375. The van der Waals surface area contributed by atoms with Crippen molar-refractivity contribution in [1.82, 2.24) is 0 Å². The summed E-state index contributed by atoms with van der Waals surface area (Å²) in [4.78, 5) is 0.510. The second kappa shape index (κ2) is 4.58. The van der Waals surface area contributed by atoms with Gasteiger partial charge in [0, 0.05) is 11.8 Å². The molecule has 0 fully saturated rings. The van der Waals surface area contributed by atoms with Crippen LogP contribution in [-0.4, -0.2) is 15.0 Å². The molecule has 1 aliphatic rings. The Balaban J connectivity index is 2.81. The maximum absolute atomic E-state index is 12.6. The Kier molecular flexibility index (Phi) is 3.69. The van der Waals surface area contributed by atoms with E-state index in [1.165, 1.54) is 12.2 Å². The lowest BCUT2D eigenvalue weighted by Gasteiger charge is -2.12. The highest BCUT2D eigenvalue weighted by atomic mass is 35.5. The maximum Gasteiger partial charge on any atom is 0.124 e. The Labute approximate surface area is 79.0 Å². The second-order valence-corrected chi connectivity index (χ2v) is 3.47. The van der Waals surface area contributed by atoms with Crippen molar-refractivity contribution in [1.29, 1.82) is 0 Å². The van der Waals surface area contributed by atoms with E-state index in [0.29, 0.717) is 28.4 Å². The molecule has 0 amide bonds. The topological polar surface area (TPSA) is 17.1 Å². The molecule has 0 saturated heterocycles. The van der Waals surface area contributed by atoms with E-state index in [2.05, 4.69) is 0 Å². The minimum atomic E-state index is -0.362. The Morgan fingerprint density at radius 2 is 2.42 bits per heavy atom. The zero-order chi connectivity index (χ0) is 8.97. The molecule has 0 spiro atoms. The van der Waals surface area contributed by atoms with Gasteiger partial charge < -0.3 is 0 Å². The first-order valence-electron chi connectivity index (χ1n) is 3.56. The Morgan fingerprint density at radius 3 is 3.00 bits per heavy atom. The molecule has 0 saturated carbocycles. The lowest BCUT2D eigenvalue weighted by molar-refractivity contribution is 0.659. The summed E-state index contributed by atoms with van der Waals surface area (Å²) in [5.74, 6) is 0.123. The van der Waals surface area contributed by atoms with Gasteiger partial charge in [0.25, 0.3) is 0 Å². The highest BCUT2D eigenvalue weighted by Gasteiger charge is 2.14. The molecule has 0 heterocycles. The van der Waals surface area contributed by atoms with E-state index in [4.69, 9.17) is 11.6 Å². The molecule has 12 heavy (non-hydrogen) atoms. The number of hydrogen-bond donors (Lipinski definition) is 0. The number of halogens is 2. The van der Waals surface area contributed by atoms with Gasteiger partial charge in [-0.2, -0.15) is 0 Å². The minimum Gasteiger partial charge on any atom is -0.212 e. The van der Waals surface area contributed by atoms with Crippen LogP contribution in [0.25, 0.3) is 0 Å². The fourth-order valence-electron chi connectivity index (χ4n) is 1.04. The van der Waals surface area contributed by atoms with Crippen LogP contribution >= 0.6 is 11.6 Å². The lowest BCUT2D eigenvalue weighted by atomic mass is 9.98. The van der Waals surface area contributed by atoms with E-state index in [1.807, 2.05) is 0 Å². The van der Waals surface area contributed by atoms with E-state index >= 15 is 0 Å². The second-order valence-electron chi connectivity index (χ2n) is 2.46. The van der Waals surface area contributed by atoms with E-state index < -0.39 is 0 Å². The number of rotatable bonds is 2. The first-order chi connectivity index (χ1) is 5.77. The molecule has 1 unspecified atom stereocenters. The largest absolute Gasteiger partial charge is 0.212 e. The molecule has 1 nitrogen and oxygen atoms in total. The van der Waals surface area contributed by atoms with Crippen molar-refractivity contribution in [2.24, 2.45) is 5.92 Å². The third kappa shape index (κ3) is 2.29. The van der Waals surface area contributed by atoms with Crippen molar-refractivity contribution >= 4 is 27.7 Å². The van der Waals surface area contributed by atoms with Crippen LogP contribution in [0.5, 0.6) is 0 Å². The fourth-order valence-corrected chi connectivity index (χ4v) is 1.75. The molecule has 0 aromatic heterocycles. The number of hydrogen-bond acceptors (Lipinski definition) is 1. The van der Waals surface area contributed by atoms with Gasteiger partial charge in [0.15, 0.2) is 0 Å². The minimum absolute atomic E-state index is 0.00417. The van der Waals surface area contributed by atoms with Crippen molar-refractivity contribution < 1.29 is 8.60 Å². The number of allylic oxidation sites excluding steroid dienone is 4. The van der Waals surface area contributed by atoms with Crippen molar-refractivity contribution in [3.05, 3.63) is 24.1 Å². The van der Waals surface area contributed by atoms with Crippen LogP contribution < -0.4 is 0 Å². The van der Waals surface area contributed by atoms with E-state index in [1.54, 1.807) is 6.08 Å². The van der Waals surface area contributed by atoms with Crippen LogP contribution in [0.3, 0.4) is 0 Å². The summed E-state index contributed by atoms with van der Waals surface area (Å²) < 4.78 is 23.1. The Hall–Kier alpha value is -0.410. The van der Waals surface area contributed by atoms with Gasteiger partial charge >= 0.3 is 0 Å². The van der Waals surface area contributed by atoms with Crippen LogP contribution in [0.1, 0.15) is 6.42 Å². The van der Waals surface area contributed by atoms with Crippen LogP contribution in [0.2, 0.25) is 0 Å². The van der Waals surface area contributed by atoms with Gasteiger partial charge in [-0.3, -0.25) is 0 Å². The van der Waals surface area contributed by atoms with Gasteiger partial charge in [0.05, 0.1) is 16.1 Å². The molecule has 1 aliphatic carbocycles. The Bertz CT molecular complexity index is 279. The van der Waals surface area contributed by atoms with Gasteiger partial charge in [-0.25, -0.2) is 8.60 Å². The highest BCUT2D eigenvalue weighted by molar-refractivity contribution is 7.67. The summed E-state index contributed by atoms with van der Waals surface area (Å²) in [5.41, 5.74) is 0. The summed E-state index contributed by atoms with van der Waals surface area (Å²) in [5, 5.41) is 0. The predicted molar refractivity (Wildman–Crippen MR) is 50.3 cm³/mol. The molecule has 0 aromatic rings. The summed E-state index contributed by atoms with van der Waals surface area (Å²) >= 11 is 5.86. The average Bonchev–Trinajstić information content (AvgIpc) is 2.08. The van der Waals surface area contributed by atoms with Gasteiger partial charge in [-0.15, -0.1) is 11.6 Å². The van der Waals surface area contributed by atoms with Gasteiger partial charge in [-0.05, 0) is 18.6 Å². The molecule has 0 aliphatic heterocycles. The molecule has 0 N–H and O–H groups in total. The monoisotopic (exact) mass is 206 g/mol. The van der Waals surface area contributed by atoms with Crippen molar-refractivity contribution in [3.8, 4) is 0 Å². The van der Waals surface area contributed by atoms with Crippen LogP contribution in [0.4, 0.5) is 4.39 Å². The quantitative estimate of drug-likeness (QED) is 0.499. The summed E-state index contributed by atoms with van der Waals surface area (Å²) in [6, 6.07) is 0. The molecule has 0 aromatic carbocycles. The SMILES string of the molecule is O=S=C1C=C(F)C=CC1CCCl. The van der Waals surface area contributed by atoms with Crippen molar-refractivity contribution in [2.75, 3.05) is 5.88 Å². The van der Waals surface area contributed by atoms with Crippen LogP contribution in [0.15, 0.2) is 24.1 Å². The third-order valence-electron chi connectivity index (χ3n) is 1.65. The predicted octanol–water partition coefficient (Wildman–Crippen LogP) is 2.04. The zero-order valence-corrected chi connectivity index (χ0v) is 7.87. The van der Waals surface area contributed by atoms with Crippen LogP contribution in [-0.2, 0) is 11.3 Å². The molecule has 4 heteroatoms. The average molecular weight is 207 g/mol. The number of alkyl halides is 1. The van der Waals surface area contributed by atoms with Crippen molar-refractivity contribution in [3.63, 3.8) is 0 Å². The van der Waals surface area contributed by atoms with E-state index in [9.17, 15) is 8.60 Å². The maximum atomic E-state index is 12.6. The van der Waals surface area contributed by atoms with Crippen LogP contribution in [0, 0.1) is 5.92 Å². The zero-order valence-electron chi connectivity index (χ0n) is 6.30. The molecular formula is C8H8ClFOS. The summed E-state index contributed by atoms with van der Waals surface area (Å²) in [6.45, 7) is 0. The highest BCUT2D eigenvalue weighted by Crippen LogP contribution is 2.17. The smallest absolute Gasteiger partial charge is 0.124 e. The van der Waals surface area contributed by atoms with E-state index in [-0.39, 0.29) is 11.7 Å². The lowest BCUT2D eigenvalue weighted by Crippen LogP contribution is -2.13. The summed E-state index contributed by atoms with van der Waals surface area (Å²) in [6.07, 6.45) is 5.01. The molecule has 1 rings (SSSR count). The van der Waals surface area contributed by atoms with Gasteiger partial charge in [-0.1, -0.05) is 6.08 Å². The molecule has 1 atom stereocenters. The summed E-state index contributed by atoms with van der Waals surface area (Å²) in [7, 11) is 0. The standard InChI is InChI=1S/C8H8ClFOS/c9-4-3-6-1-2-7(10)5-8(6)12-11/h1-2,5-6H,3-4H2. The molecular weight excluding hydrogens is 199 g/mol. The molecule has 66 valence electrons. The first kappa shape index (κ1) is 9.68. The molecule has 0 bridgehead atoms. The third-order valence-corrected chi connectivity index (χ3v) is 2.48. The van der Waals surface area contributed by atoms with Gasteiger partial charge in [0.2, 0.25) is 0 Å². The molecule has 0 radical (unpaired) electrons. The Morgan fingerprint density at radius 1 is 1.67 bits per heavy atom. The van der Waals surface area contributed by atoms with Crippen molar-refractivity contribution in [2.45, 2.75) is 6.42 Å². The van der Waals surface area contributed by atoms with E-state index in [0.717, 1.165) is 0 Å². The normalized spacial score (nSPS) is 22.3. The first-order valence-corrected chi connectivity index (χ1v) is 4.83.